The molecule has 1 heterocycles. The van der Waals surface area contributed by atoms with Crippen LogP contribution in [0.15, 0.2) is 27.6 Å². The summed E-state index contributed by atoms with van der Waals surface area (Å²) in [5.74, 6) is -0.863. The normalized spacial score (nSPS) is 18.8. The number of piperazine rings is 1. The van der Waals surface area contributed by atoms with Crippen LogP contribution >= 0.6 is 15.9 Å². The molecule has 1 aliphatic rings. The molecule has 1 fully saturated rings. The largest absolute Gasteiger partial charge is 0.276 e. The summed E-state index contributed by atoms with van der Waals surface area (Å²) in [7, 11) is -7.84. The van der Waals surface area contributed by atoms with Gasteiger partial charge in [0.05, 0.1) is 0 Å². The van der Waals surface area contributed by atoms with Gasteiger partial charge in [-0.05, 0) is 18.2 Å². The van der Waals surface area contributed by atoms with Gasteiger partial charge in [0.15, 0.2) is 0 Å². The second-order valence-electron chi connectivity index (χ2n) is 4.42. The fourth-order valence-electron chi connectivity index (χ4n) is 1.99. The Morgan fingerprint density at radius 1 is 1.05 bits per heavy atom. The van der Waals surface area contributed by atoms with E-state index in [4.69, 9.17) is 5.14 Å². The maximum absolute atomic E-state index is 13.8. The molecule has 2 N–H and O–H groups in total. The quantitative estimate of drug-likeness (QED) is 0.775. The second-order valence-corrected chi connectivity index (χ2v) is 8.79. The zero-order valence-corrected chi connectivity index (χ0v) is 14.0. The molecular weight excluding hydrogens is 389 g/mol. The molecule has 1 aromatic carbocycles. The van der Waals surface area contributed by atoms with Crippen LogP contribution in [0.5, 0.6) is 0 Å². The van der Waals surface area contributed by atoms with Crippen molar-refractivity contribution in [2.24, 2.45) is 5.14 Å². The van der Waals surface area contributed by atoms with Crippen molar-refractivity contribution in [1.82, 2.24) is 8.61 Å². The standard InChI is InChI=1S/C10H13BrFN3O4S2/c11-8-1-2-10(9(12)7-8)20(16,17)14-3-5-15(6-4-14)21(13,18)19/h1-2,7H,3-6H2,(H2,13,18,19). The van der Waals surface area contributed by atoms with Gasteiger partial charge in [0, 0.05) is 30.7 Å². The zero-order chi connectivity index (χ0) is 15.8. The van der Waals surface area contributed by atoms with Crippen molar-refractivity contribution in [3.05, 3.63) is 28.5 Å². The molecule has 1 saturated heterocycles. The van der Waals surface area contributed by atoms with Gasteiger partial charge in [0.2, 0.25) is 10.0 Å². The Morgan fingerprint density at radius 3 is 2.05 bits per heavy atom. The van der Waals surface area contributed by atoms with E-state index in [-0.39, 0.29) is 26.2 Å². The van der Waals surface area contributed by atoms with Gasteiger partial charge < -0.3 is 0 Å². The van der Waals surface area contributed by atoms with E-state index in [1.54, 1.807) is 0 Å². The summed E-state index contributed by atoms with van der Waals surface area (Å²) in [5, 5.41) is 4.98. The van der Waals surface area contributed by atoms with Crippen LogP contribution in [0, 0.1) is 5.82 Å². The maximum Gasteiger partial charge on any atom is 0.276 e. The third-order valence-corrected chi connectivity index (χ3v) is 6.58. The van der Waals surface area contributed by atoms with Crippen LogP contribution in [0.4, 0.5) is 4.39 Å². The van der Waals surface area contributed by atoms with Crippen LogP contribution in [0.25, 0.3) is 0 Å². The van der Waals surface area contributed by atoms with Crippen LogP contribution in [0.3, 0.4) is 0 Å². The van der Waals surface area contributed by atoms with Gasteiger partial charge in [-0.1, -0.05) is 15.9 Å². The molecule has 21 heavy (non-hydrogen) atoms. The van der Waals surface area contributed by atoms with Crippen LogP contribution < -0.4 is 5.14 Å². The third-order valence-electron chi connectivity index (χ3n) is 3.07. The monoisotopic (exact) mass is 401 g/mol. The molecular formula is C10H13BrFN3O4S2. The molecule has 11 heteroatoms. The first-order valence-electron chi connectivity index (χ1n) is 5.85. The van der Waals surface area contributed by atoms with Crippen molar-refractivity contribution in [1.29, 1.82) is 0 Å². The van der Waals surface area contributed by atoms with Gasteiger partial charge >= 0.3 is 0 Å². The first-order valence-corrected chi connectivity index (χ1v) is 9.59. The van der Waals surface area contributed by atoms with Gasteiger partial charge in [0.1, 0.15) is 10.7 Å². The Kier molecular flexibility index (Phi) is 4.71. The molecule has 0 unspecified atom stereocenters. The van der Waals surface area contributed by atoms with Crippen molar-refractivity contribution >= 4 is 36.2 Å². The predicted octanol–water partition coefficient (Wildman–Crippen LogP) is 0.0980. The van der Waals surface area contributed by atoms with Crippen molar-refractivity contribution in [3.8, 4) is 0 Å². The second kappa shape index (κ2) is 5.89. The number of hydrogen-bond acceptors (Lipinski definition) is 4. The topological polar surface area (TPSA) is 101 Å². The van der Waals surface area contributed by atoms with Crippen molar-refractivity contribution in [2.45, 2.75) is 4.90 Å². The molecule has 7 nitrogen and oxygen atoms in total. The summed E-state index contributed by atoms with van der Waals surface area (Å²) in [5.41, 5.74) is 0. The maximum atomic E-state index is 13.8. The van der Waals surface area contributed by atoms with E-state index in [1.165, 1.54) is 12.1 Å². The summed E-state index contributed by atoms with van der Waals surface area (Å²) in [6.45, 7) is -0.269. The number of rotatable bonds is 3. The van der Waals surface area contributed by atoms with E-state index >= 15 is 0 Å². The Morgan fingerprint density at radius 2 is 1.57 bits per heavy atom. The summed E-state index contributed by atoms with van der Waals surface area (Å²) in [6.07, 6.45) is 0. The molecule has 0 aliphatic carbocycles. The summed E-state index contributed by atoms with van der Waals surface area (Å²) in [6, 6.07) is 3.66. The molecule has 118 valence electrons. The van der Waals surface area contributed by atoms with Gasteiger partial charge in [-0.25, -0.2) is 17.9 Å². The van der Waals surface area contributed by atoms with E-state index in [2.05, 4.69) is 15.9 Å². The number of benzene rings is 1. The lowest BCUT2D eigenvalue weighted by Crippen LogP contribution is -2.52. The summed E-state index contributed by atoms with van der Waals surface area (Å²) >= 11 is 3.05. The zero-order valence-electron chi connectivity index (χ0n) is 10.7. The first-order chi connectivity index (χ1) is 9.62. The fraction of sp³-hybridized carbons (Fsp3) is 0.400. The predicted molar refractivity (Wildman–Crippen MR) is 77.5 cm³/mol. The van der Waals surface area contributed by atoms with E-state index in [1.807, 2.05) is 0 Å². The highest BCUT2D eigenvalue weighted by Crippen LogP contribution is 2.23. The molecule has 0 saturated carbocycles. The van der Waals surface area contributed by atoms with E-state index < -0.39 is 30.9 Å². The molecule has 1 aliphatic heterocycles. The number of sulfonamides is 1. The molecule has 0 radical (unpaired) electrons. The molecule has 0 aromatic heterocycles. The molecule has 1 aromatic rings. The molecule has 0 bridgehead atoms. The molecule has 0 amide bonds. The number of halogens is 2. The number of nitrogens with zero attached hydrogens (tertiary/aromatic N) is 2. The van der Waals surface area contributed by atoms with Gasteiger partial charge in [-0.3, -0.25) is 0 Å². The lowest BCUT2D eigenvalue weighted by Gasteiger charge is -2.32. The third kappa shape index (κ3) is 3.60. The smallest absolute Gasteiger partial charge is 0.216 e. The Bertz CT molecular complexity index is 746. The number of hydrogen-bond donors (Lipinski definition) is 1. The van der Waals surface area contributed by atoms with Crippen LogP contribution in [0.1, 0.15) is 0 Å². The highest BCUT2D eigenvalue weighted by atomic mass is 79.9. The van der Waals surface area contributed by atoms with Crippen molar-refractivity contribution in [2.75, 3.05) is 26.2 Å². The Hall–Kier alpha value is -0.590. The van der Waals surface area contributed by atoms with Gasteiger partial charge in [0.25, 0.3) is 10.2 Å². The average molecular weight is 402 g/mol. The fourth-order valence-corrected chi connectivity index (χ4v) is 4.46. The first kappa shape index (κ1) is 16.8. The van der Waals surface area contributed by atoms with Crippen molar-refractivity contribution < 1.29 is 21.2 Å². The Labute approximate surface area is 130 Å². The Balaban J connectivity index is 2.23. The minimum Gasteiger partial charge on any atom is -0.216 e. The minimum atomic E-state index is -4.00. The van der Waals surface area contributed by atoms with Gasteiger partial charge in [-0.15, -0.1) is 0 Å². The molecule has 0 atom stereocenters. The van der Waals surface area contributed by atoms with E-state index in [0.717, 1.165) is 14.7 Å². The molecule has 2 rings (SSSR count). The van der Waals surface area contributed by atoms with Crippen LogP contribution in [0.2, 0.25) is 0 Å². The van der Waals surface area contributed by atoms with Crippen LogP contribution in [-0.2, 0) is 20.2 Å². The lowest BCUT2D eigenvalue weighted by atomic mass is 10.3. The van der Waals surface area contributed by atoms with E-state index in [0.29, 0.717) is 4.47 Å². The summed E-state index contributed by atoms with van der Waals surface area (Å²) < 4.78 is 63.3. The van der Waals surface area contributed by atoms with Gasteiger partial charge in [-0.2, -0.15) is 17.0 Å². The SMILES string of the molecule is NS(=O)(=O)N1CCN(S(=O)(=O)c2ccc(Br)cc2F)CC1. The lowest BCUT2D eigenvalue weighted by molar-refractivity contribution is 0.272. The van der Waals surface area contributed by atoms with Crippen LogP contribution in [-0.4, -0.2) is 51.6 Å². The minimum absolute atomic E-state index is 0.0593. The van der Waals surface area contributed by atoms with E-state index in [9.17, 15) is 21.2 Å². The van der Waals surface area contributed by atoms with Crippen molar-refractivity contribution in [3.63, 3.8) is 0 Å². The highest BCUT2D eigenvalue weighted by Gasteiger charge is 2.33. The molecule has 0 spiro atoms. The number of nitrogens with two attached hydrogens (primary N) is 1. The average Bonchev–Trinajstić information content (AvgIpc) is 2.37. The highest BCUT2D eigenvalue weighted by molar-refractivity contribution is 9.10. The summed E-state index contributed by atoms with van der Waals surface area (Å²) in [4.78, 5) is -0.435.